The van der Waals surface area contributed by atoms with Crippen LogP contribution < -0.4 is 0 Å². The van der Waals surface area contributed by atoms with Gasteiger partial charge in [0.2, 0.25) is 0 Å². The molecule has 0 saturated carbocycles. The highest BCUT2D eigenvalue weighted by Crippen LogP contribution is 2.48. The summed E-state index contributed by atoms with van der Waals surface area (Å²) in [5.41, 5.74) is 2.66. The van der Waals surface area contributed by atoms with Gasteiger partial charge < -0.3 is 10.2 Å². The van der Waals surface area contributed by atoms with Gasteiger partial charge in [0.1, 0.15) is 11.4 Å². The third-order valence-electron chi connectivity index (χ3n) is 5.47. The maximum Gasteiger partial charge on any atom is 0.338 e. The number of phenolic OH excluding ortho intramolecular Hbond substituents is 1. The number of allylic oxidation sites excluding steroid dienone is 3. The van der Waals surface area contributed by atoms with E-state index in [1.165, 1.54) is 6.07 Å². The standard InChI is InChI=1S/C22H29NO4/c1-5-6-7-8-15-12-18(24)20(21(23-27)19(15)22(25)26)17-11-14(4)9-10-16(17)13(2)3/h11-12,16-17,24H,2,5-10H2,1,3-4H3,(H,25,26)/t16-,17?/m0/s1. The predicted molar refractivity (Wildman–Crippen MR) is 108 cm³/mol. The number of carboxylic acid groups (broad SMARTS) is 1. The van der Waals surface area contributed by atoms with Crippen LogP contribution in [0.5, 0.6) is 5.75 Å². The molecule has 2 N–H and O–H groups in total. The normalized spacial score (nSPS) is 19.4. The number of unbranched alkanes of at least 4 members (excludes halogenated alkanes) is 2. The summed E-state index contributed by atoms with van der Waals surface area (Å²) in [6.07, 6.45) is 7.01. The van der Waals surface area contributed by atoms with Crippen molar-refractivity contribution < 1.29 is 15.0 Å². The fourth-order valence-electron chi connectivity index (χ4n) is 4.05. The van der Waals surface area contributed by atoms with E-state index in [4.69, 9.17) is 0 Å². The molecule has 0 fully saturated rings. The molecule has 2 atom stereocenters. The van der Waals surface area contributed by atoms with Gasteiger partial charge in [-0.3, -0.25) is 0 Å². The molecular weight excluding hydrogens is 342 g/mol. The van der Waals surface area contributed by atoms with Gasteiger partial charge in [-0.05, 0) is 62.3 Å². The Balaban J connectivity index is 2.67. The highest BCUT2D eigenvalue weighted by Gasteiger charge is 2.33. The van der Waals surface area contributed by atoms with Crippen LogP contribution in [0.2, 0.25) is 0 Å². The second-order valence-corrected chi connectivity index (χ2v) is 7.58. The first kappa shape index (κ1) is 20.9. The summed E-state index contributed by atoms with van der Waals surface area (Å²) in [6.45, 7) is 10.0. The minimum atomic E-state index is -1.18. The summed E-state index contributed by atoms with van der Waals surface area (Å²) in [5, 5.41) is 23.6. The number of carbonyl (C=O) groups is 1. The van der Waals surface area contributed by atoms with Crippen molar-refractivity contribution in [3.63, 3.8) is 0 Å². The van der Waals surface area contributed by atoms with Crippen molar-refractivity contribution in [2.24, 2.45) is 11.1 Å². The largest absolute Gasteiger partial charge is 0.508 e. The topological polar surface area (TPSA) is 87.0 Å². The molecule has 27 heavy (non-hydrogen) atoms. The summed E-state index contributed by atoms with van der Waals surface area (Å²) in [5.74, 6) is -1.50. The summed E-state index contributed by atoms with van der Waals surface area (Å²) < 4.78 is 0. The summed E-state index contributed by atoms with van der Waals surface area (Å²) in [7, 11) is 0. The van der Waals surface area contributed by atoms with E-state index in [2.05, 4.69) is 18.7 Å². The van der Waals surface area contributed by atoms with Crippen molar-refractivity contribution >= 4 is 11.7 Å². The maximum absolute atomic E-state index is 11.9. The van der Waals surface area contributed by atoms with Gasteiger partial charge in [0.05, 0.1) is 5.56 Å². The third-order valence-corrected chi connectivity index (χ3v) is 5.47. The maximum atomic E-state index is 11.9. The number of phenols is 1. The molecule has 5 nitrogen and oxygen atoms in total. The second kappa shape index (κ2) is 8.98. The van der Waals surface area contributed by atoms with Gasteiger partial charge in [0.25, 0.3) is 0 Å². The first-order valence-corrected chi connectivity index (χ1v) is 9.59. The van der Waals surface area contributed by atoms with Crippen molar-refractivity contribution in [3.8, 4) is 5.75 Å². The third kappa shape index (κ3) is 4.46. The van der Waals surface area contributed by atoms with Crippen LogP contribution >= 0.6 is 0 Å². The zero-order valence-electron chi connectivity index (χ0n) is 16.4. The van der Waals surface area contributed by atoms with Gasteiger partial charge in [-0.15, -0.1) is 4.91 Å². The number of nitroso groups, excluding NO2 is 1. The number of aromatic carboxylic acids is 1. The van der Waals surface area contributed by atoms with Gasteiger partial charge in [0, 0.05) is 11.5 Å². The molecule has 0 aliphatic heterocycles. The fourth-order valence-corrected chi connectivity index (χ4v) is 4.05. The molecule has 0 bridgehead atoms. The first-order valence-electron chi connectivity index (χ1n) is 9.59. The smallest absolute Gasteiger partial charge is 0.338 e. The molecule has 1 aromatic rings. The Morgan fingerprint density at radius 1 is 1.37 bits per heavy atom. The van der Waals surface area contributed by atoms with Crippen LogP contribution in [0.15, 0.2) is 35.0 Å². The molecule has 0 radical (unpaired) electrons. The lowest BCUT2D eigenvalue weighted by Gasteiger charge is -2.32. The van der Waals surface area contributed by atoms with E-state index in [-0.39, 0.29) is 28.8 Å². The van der Waals surface area contributed by atoms with E-state index in [1.807, 2.05) is 19.9 Å². The van der Waals surface area contributed by atoms with Gasteiger partial charge in [-0.2, -0.15) is 0 Å². The molecule has 0 spiro atoms. The lowest BCUT2D eigenvalue weighted by atomic mass is 9.73. The quantitative estimate of drug-likeness (QED) is 0.322. The van der Waals surface area contributed by atoms with Crippen molar-refractivity contribution in [1.29, 1.82) is 0 Å². The van der Waals surface area contributed by atoms with Gasteiger partial charge in [-0.1, -0.05) is 43.6 Å². The lowest BCUT2D eigenvalue weighted by Crippen LogP contribution is -2.18. The summed E-state index contributed by atoms with van der Waals surface area (Å²) in [4.78, 5) is 23.7. The van der Waals surface area contributed by atoms with Crippen LogP contribution in [-0.2, 0) is 6.42 Å². The molecule has 0 saturated heterocycles. The Labute approximate surface area is 160 Å². The van der Waals surface area contributed by atoms with Crippen LogP contribution in [0.4, 0.5) is 5.69 Å². The van der Waals surface area contributed by atoms with Gasteiger partial charge in [-0.25, -0.2) is 4.79 Å². The number of aryl methyl sites for hydroxylation is 1. The SMILES string of the molecule is C=C(C)[C@@H]1CCC(C)=CC1c1c(O)cc(CCCCC)c(C(=O)O)c1N=O. The molecule has 1 unspecified atom stereocenters. The zero-order chi connectivity index (χ0) is 20.1. The van der Waals surface area contributed by atoms with E-state index in [9.17, 15) is 19.9 Å². The van der Waals surface area contributed by atoms with E-state index >= 15 is 0 Å². The fraction of sp³-hybridized carbons (Fsp3) is 0.500. The number of carboxylic acids is 1. The monoisotopic (exact) mass is 371 g/mol. The number of hydrogen-bond acceptors (Lipinski definition) is 4. The number of aromatic hydroxyl groups is 1. The zero-order valence-corrected chi connectivity index (χ0v) is 16.4. The summed E-state index contributed by atoms with van der Waals surface area (Å²) in [6, 6.07) is 1.51. The second-order valence-electron chi connectivity index (χ2n) is 7.58. The Hall–Kier alpha value is -2.43. The van der Waals surface area contributed by atoms with Crippen LogP contribution in [0, 0.1) is 10.8 Å². The number of nitrogens with zero attached hydrogens (tertiary/aromatic N) is 1. The Morgan fingerprint density at radius 3 is 2.63 bits per heavy atom. The minimum Gasteiger partial charge on any atom is -0.508 e. The summed E-state index contributed by atoms with van der Waals surface area (Å²) >= 11 is 0. The van der Waals surface area contributed by atoms with Crippen LogP contribution in [-0.4, -0.2) is 16.2 Å². The molecule has 5 heteroatoms. The molecular formula is C22H29NO4. The Bertz CT molecular complexity index is 779. The highest BCUT2D eigenvalue weighted by atomic mass is 16.4. The average Bonchev–Trinajstić information content (AvgIpc) is 2.60. The highest BCUT2D eigenvalue weighted by molar-refractivity contribution is 5.97. The lowest BCUT2D eigenvalue weighted by molar-refractivity contribution is 0.0696. The van der Waals surface area contributed by atoms with E-state index < -0.39 is 5.97 Å². The van der Waals surface area contributed by atoms with E-state index in [1.54, 1.807) is 0 Å². The predicted octanol–water partition coefficient (Wildman–Crippen LogP) is 6.24. The molecule has 1 aliphatic carbocycles. The van der Waals surface area contributed by atoms with E-state index in [0.717, 1.165) is 43.3 Å². The van der Waals surface area contributed by atoms with Crippen molar-refractivity contribution in [1.82, 2.24) is 0 Å². The van der Waals surface area contributed by atoms with Gasteiger partial charge >= 0.3 is 5.97 Å². The molecule has 146 valence electrons. The number of hydrogen-bond donors (Lipinski definition) is 2. The number of benzene rings is 1. The Kier molecular flexibility index (Phi) is 6.94. The first-order chi connectivity index (χ1) is 12.8. The minimum absolute atomic E-state index is 0.0349. The molecule has 1 aromatic carbocycles. The van der Waals surface area contributed by atoms with Crippen molar-refractivity contribution in [3.05, 3.63) is 51.5 Å². The van der Waals surface area contributed by atoms with E-state index in [0.29, 0.717) is 17.5 Å². The van der Waals surface area contributed by atoms with Crippen LogP contribution in [0.1, 0.15) is 80.3 Å². The van der Waals surface area contributed by atoms with Crippen molar-refractivity contribution in [2.45, 2.75) is 65.2 Å². The number of rotatable bonds is 8. The molecule has 0 heterocycles. The van der Waals surface area contributed by atoms with Gasteiger partial charge in [0.15, 0.2) is 0 Å². The molecule has 2 rings (SSSR count). The Morgan fingerprint density at radius 2 is 2.07 bits per heavy atom. The average molecular weight is 371 g/mol. The van der Waals surface area contributed by atoms with Crippen LogP contribution in [0.25, 0.3) is 0 Å². The van der Waals surface area contributed by atoms with Crippen molar-refractivity contribution in [2.75, 3.05) is 0 Å². The molecule has 0 amide bonds. The molecule has 0 aromatic heterocycles. The van der Waals surface area contributed by atoms with Crippen LogP contribution in [0.3, 0.4) is 0 Å². The molecule has 1 aliphatic rings.